The molecule has 1 aromatic rings. The topological polar surface area (TPSA) is 12.0 Å². The Kier molecular flexibility index (Phi) is 3.22. The molecule has 3 heteroatoms. The van der Waals surface area contributed by atoms with E-state index in [4.69, 9.17) is 11.6 Å². The Bertz CT molecular complexity index is 386. The maximum atomic E-state index is 13.5. The Morgan fingerprint density at radius 2 is 2.12 bits per heavy atom. The van der Waals surface area contributed by atoms with Crippen molar-refractivity contribution < 1.29 is 4.39 Å². The van der Waals surface area contributed by atoms with Crippen molar-refractivity contribution >= 4 is 11.6 Å². The summed E-state index contributed by atoms with van der Waals surface area (Å²) in [4.78, 5) is 0. The summed E-state index contributed by atoms with van der Waals surface area (Å²) in [7, 11) is 0. The zero-order valence-corrected chi connectivity index (χ0v) is 10.4. The van der Waals surface area contributed by atoms with Crippen molar-refractivity contribution in [3.8, 4) is 0 Å². The Balaban J connectivity index is 1.98. The highest BCUT2D eigenvalue weighted by molar-refractivity contribution is 6.30. The number of hydrogen-bond acceptors (Lipinski definition) is 1. The van der Waals surface area contributed by atoms with Crippen LogP contribution in [0, 0.1) is 11.7 Å². The summed E-state index contributed by atoms with van der Waals surface area (Å²) < 4.78 is 13.5. The lowest BCUT2D eigenvalue weighted by atomic mass is 9.98. The molecule has 1 fully saturated rings. The molecule has 1 aliphatic carbocycles. The standard InChI is InChI=1S/C13H17ClFN/c1-13(2,10-4-5-10)16-8-9-3-6-11(14)7-12(9)15/h3,6-7,10,16H,4-5,8H2,1-2H3. The van der Waals surface area contributed by atoms with Gasteiger partial charge in [0.05, 0.1) is 0 Å². The van der Waals surface area contributed by atoms with E-state index in [1.54, 1.807) is 12.1 Å². The smallest absolute Gasteiger partial charge is 0.129 e. The van der Waals surface area contributed by atoms with Gasteiger partial charge in [-0.3, -0.25) is 0 Å². The lowest BCUT2D eigenvalue weighted by Gasteiger charge is -2.26. The fraction of sp³-hybridized carbons (Fsp3) is 0.538. The van der Waals surface area contributed by atoms with Gasteiger partial charge in [0.1, 0.15) is 5.82 Å². The number of benzene rings is 1. The fourth-order valence-corrected chi connectivity index (χ4v) is 2.10. The molecule has 1 N–H and O–H groups in total. The van der Waals surface area contributed by atoms with Crippen molar-refractivity contribution in [2.75, 3.05) is 0 Å². The highest BCUT2D eigenvalue weighted by atomic mass is 35.5. The van der Waals surface area contributed by atoms with Crippen LogP contribution in [0.2, 0.25) is 5.02 Å². The van der Waals surface area contributed by atoms with Gasteiger partial charge < -0.3 is 5.32 Å². The van der Waals surface area contributed by atoms with E-state index in [1.807, 2.05) is 0 Å². The van der Waals surface area contributed by atoms with Gasteiger partial charge in [-0.15, -0.1) is 0 Å². The number of hydrogen-bond donors (Lipinski definition) is 1. The fourth-order valence-electron chi connectivity index (χ4n) is 1.94. The average molecular weight is 242 g/mol. The van der Waals surface area contributed by atoms with E-state index in [0.717, 1.165) is 5.92 Å². The molecule has 2 rings (SSSR count). The summed E-state index contributed by atoms with van der Waals surface area (Å²) >= 11 is 5.71. The zero-order chi connectivity index (χ0) is 11.8. The normalized spacial score (nSPS) is 16.5. The molecule has 88 valence electrons. The van der Waals surface area contributed by atoms with Crippen LogP contribution in [-0.4, -0.2) is 5.54 Å². The van der Waals surface area contributed by atoms with E-state index in [9.17, 15) is 4.39 Å². The lowest BCUT2D eigenvalue weighted by Crippen LogP contribution is -2.40. The van der Waals surface area contributed by atoms with Gasteiger partial charge in [0.25, 0.3) is 0 Å². The number of nitrogens with one attached hydrogen (secondary N) is 1. The summed E-state index contributed by atoms with van der Waals surface area (Å²) in [6.07, 6.45) is 2.56. The minimum atomic E-state index is -0.230. The van der Waals surface area contributed by atoms with Gasteiger partial charge in [-0.05, 0) is 44.7 Å². The van der Waals surface area contributed by atoms with E-state index in [0.29, 0.717) is 17.1 Å². The highest BCUT2D eigenvalue weighted by Crippen LogP contribution is 2.39. The molecule has 16 heavy (non-hydrogen) atoms. The van der Waals surface area contributed by atoms with E-state index in [-0.39, 0.29) is 11.4 Å². The maximum Gasteiger partial charge on any atom is 0.129 e. The summed E-state index contributed by atoms with van der Waals surface area (Å²) in [5.74, 6) is 0.509. The molecule has 0 aromatic heterocycles. The second kappa shape index (κ2) is 4.34. The molecule has 0 spiro atoms. The first-order valence-electron chi connectivity index (χ1n) is 5.68. The van der Waals surface area contributed by atoms with Crippen molar-refractivity contribution in [3.63, 3.8) is 0 Å². The van der Waals surface area contributed by atoms with Gasteiger partial charge in [0.15, 0.2) is 0 Å². The van der Waals surface area contributed by atoms with Crippen LogP contribution in [0.1, 0.15) is 32.3 Å². The minimum Gasteiger partial charge on any atom is -0.307 e. The van der Waals surface area contributed by atoms with E-state index in [2.05, 4.69) is 19.2 Å². The van der Waals surface area contributed by atoms with E-state index in [1.165, 1.54) is 18.9 Å². The van der Waals surface area contributed by atoms with Gasteiger partial charge in [-0.2, -0.15) is 0 Å². The van der Waals surface area contributed by atoms with Gasteiger partial charge >= 0.3 is 0 Å². The first kappa shape index (κ1) is 11.9. The van der Waals surface area contributed by atoms with Gasteiger partial charge in [-0.1, -0.05) is 17.7 Å². The average Bonchev–Trinajstić information content (AvgIpc) is 2.99. The highest BCUT2D eigenvalue weighted by Gasteiger charge is 2.37. The van der Waals surface area contributed by atoms with Crippen LogP contribution in [0.3, 0.4) is 0 Å². The predicted octanol–water partition coefficient (Wildman–Crippen LogP) is 3.76. The van der Waals surface area contributed by atoms with Crippen LogP contribution in [0.5, 0.6) is 0 Å². The molecule has 0 saturated heterocycles. The van der Waals surface area contributed by atoms with Crippen molar-refractivity contribution in [2.24, 2.45) is 5.92 Å². The van der Waals surface area contributed by atoms with Crippen molar-refractivity contribution in [1.82, 2.24) is 5.32 Å². The van der Waals surface area contributed by atoms with Gasteiger partial charge in [0.2, 0.25) is 0 Å². The predicted molar refractivity (Wildman–Crippen MR) is 65.1 cm³/mol. The van der Waals surface area contributed by atoms with Crippen LogP contribution in [0.15, 0.2) is 18.2 Å². The molecule has 0 amide bonds. The van der Waals surface area contributed by atoms with E-state index >= 15 is 0 Å². The molecule has 0 radical (unpaired) electrons. The maximum absolute atomic E-state index is 13.5. The molecule has 1 saturated carbocycles. The quantitative estimate of drug-likeness (QED) is 0.847. The number of halogens is 2. The first-order valence-corrected chi connectivity index (χ1v) is 6.06. The minimum absolute atomic E-state index is 0.103. The first-order chi connectivity index (χ1) is 7.49. The zero-order valence-electron chi connectivity index (χ0n) is 9.69. The molecule has 0 bridgehead atoms. The molecule has 0 heterocycles. The molecule has 1 nitrogen and oxygen atoms in total. The number of rotatable bonds is 4. The van der Waals surface area contributed by atoms with Gasteiger partial charge in [0, 0.05) is 22.7 Å². The van der Waals surface area contributed by atoms with Crippen molar-refractivity contribution in [3.05, 3.63) is 34.6 Å². The lowest BCUT2D eigenvalue weighted by molar-refractivity contribution is 0.337. The molecule has 0 atom stereocenters. The second-order valence-electron chi connectivity index (χ2n) is 5.09. The largest absolute Gasteiger partial charge is 0.307 e. The van der Waals surface area contributed by atoms with Crippen LogP contribution < -0.4 is 5.32 Å². The van der Waals surface area contributed by atoms with Crippen LogP contribution >= 0.6 is 11.6 Å². The monoisotopic (exact) mass is 241 g/mol. The van der Waals surface area contributed by atoms with Crippen LogP contribution in [0.4, 0.5) is 4.39 Å². The third-order valence-corrected chi connectivity index (χ3v) is 3.58. The summed E-state index contributed by atoms with van der Waals surface area (Å²) in [6, 6.07) is 4.84. The Hall–Kier alpha value is -0.600. The second-order valence-corrected chi connectivity index (χ2v) is 5.52. The van der Waals surface area contributed by atoms with Gasteiger partial charge in [-0.25, -0.2) is 4.39 Å². The Labute approximate surface area is 101 Å². The molecule has 1 aromatic carbocycles. The third kappa shape index (κ3) is 2.74. The van der Waals surface area contributed by atoms with Crippen molar-refractivity contribution in [1.29, 1.82) is 0 Å². The van der Waals surface area contributed by atoms with E-state index < -0.39 is 0 Å². The van der Waals surface area contributed by atoms with Crippen LogP contribution in [-0.2, 0) is 6.54 Å². The SMILES string of the molecule is CC(C)(NCc1ccc(Cl)cc1F)C1CC1. The van der Waals surface area contributed by atoms with Crippen molar-refractivity contribution in [2.45, 2.75) is 38.8 Å². The third-order valence-electron chi connectivity index (χ3n) is 3.35. The van der Waals surface area contributed by atoms with Crippen LogP contribution in [0.25, 0.3) is 0 Å². The summed E-state index contributed by atoms with van der Waals surface area (Å²) in [5.41, 5.74) is 0.782. The molecular weight excluding hydrogens is 225 g/mol. The molecule has 0 aliphatic heterocycles. The molecule has 1 aliphatic rings. The summed E-state index contributed by atoms with van der Waals surface area (Å²) in [5, 5.41) is 3.86. The summed E-state index contributed by atoms with van der Waals surface area (Å²) in [6.45, 7) is 4.92. The molecule has 0 unspecified atom stereocenters. The Morgan fingerprint density at radius 1 is 1.44 bits per heavy atom. The Morgan fingerprint density at radius 3 is 2.69 bits per heavy atom. The molecular formula is C13H17ClFN.